The molecule has 3 nitrogen and oxygen atoms in total. The predicted molar refractivity (Wildman–Crippen MR) is 94.6 cm³/mol. The van der Waals surface area contributed by atoms with Crippen LogP contribution in [0.5, 0.6) is 0 Å². The molecule has 0 saturated carbocycles. The average molecular weight is 306 g/mol. The second kappa shape index (κ2) is 6.47. The molecule has 23 heavy (non-hydrogen) atoms. The van der Waals surface area contributed by atoms with Crippen molar-refractivity contribution in [3.63, 3.8) is 0 Å². The summed E-state index contributed by atoms with van der Waals surface area (Å²) in [5.41, 5.74) is 2.20. The third-order valence-corrected chi connectivity index (χ3v) is 4.51. The van der Waals surface area contributed by atoms with E-state index < -0.39 is 0 Å². The maximum atomic E-state index is 5.96. The van der Waals surface area contributed by atoms with Crippen LogP contribution in [-0.4, -0.2) is 24.0 Å². The summed E-state index contributed by atoms with van der Waals surface area (Å²) < 4.78 is 5.96. The standard InChI is InChI=1S/C20H22N2O/c1-2-8-17(9-3-1)21-18-10-6-12-22(14-18)15-19-13-16-7-4-5-11-20(16)23-19/h1-5,7-9,11,13,18,21H,6,10,12,14-15H2/t18-/m0/s1. The van der Waals surface area contributed by atoms with Gasteiger partial charge in [-0.2, -0.15) is 0 Å². The highest BCUT2D eigenvalue weighted by atomic mass is 16.3. The van der Waals surface area contributed by atoms with Crippen LogP contribution in [0.15, 0.2) is 65.1 Å². The number of hydrogen-bond acceptors (Lipinski definition) is 3. The molecule has 1 aliphatic rings. The lowest BCUT2D eigenvalue weighted by Crippen LogP contribution is -2.41. The van der Waals surface area contributed by atoms with Gasteiger partial charge in [-0.25, -0.2) is 0 Å². The molecule has 1 saturated heterocycles. The van der Waals surface area contributed by atoms with Gasteiger partial charge in [0.1, 0.15) is 11.3 Å². The van der Waals surface area contributed by atoms with E-state index in [0.717, 1.165) is 31.0 Å². The quantitative estimate of drug-likeness (QED) is 0.769. The third kappa shape index (κ3) is 3.40. The Morgan fingerprint density at radius 2 is 1.87 bits per heavy atom. The summed E-state index contributed by atoms with van der Waals surface area (Å²) in [7, 11) is 0. The van der Waals surface area contributed by atoms with E-state index in [-0.39, 0.29) is 0 Å². The first-order valence-electron chi connectivity index (χ1n) is 8.38. The van der Waals surface area contributed by atoms with Gasteiger partial charge in [0.25, 0.3) is 0 Å². The highest BCUT2D eigenvalue weighted by Crippen LogP contribution is 2.22. The molecule has 0 bridgehead atoms. The molecule has 2 aromatic carbocycles. The first kappa shape index (κ1) is 14.3. The normalized spacial score (nSPS) is 19.0. The molecule has 1 aliphatic heterocycles. The van der Waals surface area contributed by atoms with Crippen molar-refractivity contribution in [1.82, 2.24) is 4.90 Å². The first-order chi connectivity index (χ1) is 11.4. The summed E-state index contributed by atoms with van der Waals surface area (Å²) in [5, 5.41) is 4.84. The second-order valence-corrected chi connectivity index (χ2v) is 6.34. The molecule has 1 atom stereocenters. The molecule has 1 fully saturated rings. The minimum Gasteiger partial charge on any atom is -0.460 e. The SMILES string of the molecule is c1ccc(N[C@H]2CCCN(Cc3cc4ccccc4o3)C2)cc1. The fourth-order valence-electron chi connectivity index (χ4n) is 3.42. The van der Waals surface area contributed by atoms with Crippen molar-refractivity contribution < 1.29 is 4.42 Å². The van der Waals surface area contributed by atoms with E-state index in [4.69, 9.17) is 4.42 Å². The van der Waals surface area contributed by atoms with Crippen LogP contribution in [-0.2, 0) is 6.54 Å². The second-order valence-electron chi connectivity index (χ2n) is 6.34. The summed E-state index contributed by atoms with van der Waals surface area (Å²) in [6.45, 7) is 3.09. The van der Waals surface area contributed by atoms with Crippen molar-refractivity contribution in [3.05, 3.63) is 66.4 Å². The summed E-state index contributed by atoms with van der Waals surface area (Å²) in [5.74, 6) is 1.06. The van der Waals surface area contributed by atoms with Crippen LogP contribution in [0.2, 0.25) is 0 Å². The topological polar surface area (TPSA) is 28.4 Å². The van der Waals surface area contributed by atoms with Gasteiger partial charge in [0, 0.05) is 23.7 Å². The van der Waals surface area contributed by atoms with Crippen molar-refractivity contribution in [2.75, 3.05) is 18.4 Å². The number of para-hydroxylation sites is 2. The highest BCUT2D eigenvalue weighted by molar-refractivity contribution is 5.77. The molecule has 4 rings (SSSR count). The molecule has 1 N–H and O–H groups in total. The van der Waals surface area contributed by atoms with Gasteiger partial charge in [0.15, 0.2) is 0 Å². The van der Waals surface area contributed by atoms with Gasteiger partial charge in [-0.3, -0.25) is 4.90 Å². The molecule has 0 aliphatic carbocycles. The summed E-state index contributed by atoms with van der Waals surface area (Å²) >= 11 is 0. The Bertz CT molecular complexity index is 732. The Kier molecular flexibility index (Phi) is 4.03. The van der Waals surface area contributed by atoms with Crippen LogP contribution in [0, 0.1) is 0 Å². The lowest BCUT2D eigenvalue weighted by Gasteiger charge is -2.33. The van der Waals surface area contributed by atoms with E-state index in [1.165, 1.54) is 23.9 Å². The van der Waals surface area contributed by atoms with Crippen LogP contribution in [0.25, 0.3) is 11.0 Å². The van der Waals surface area contributed by atoms with Crippen molar-refractivity contribution in [2.45, 2.75) is 25.4 Å². The Morgan fingerprint density at radius 1 is 1.04 bits per heavy atom. The van der Waals surface area contributed by atoms with Crippen LogP contribution in [0.1, 0.15) is 18.6 Å². The van der Waals surface area contributed by atoms with Crippen LogP contribution < -0.4 is 5.32 Å². The molecule has 1 aromatic heterocycles. The number of anilines is 1. The molecular formula is C20H22N2O. The van der Waals surface area contributed by atoms with Gasteiger partial charge in [0.2, 0.25) is 0 Å². The summed E-state index contributed by atoms with van der Waals surface area (Å²) in [6, 6.07) is 21.4. The van der Waals surface area contributed by atoms with Crippen molar-refractivity contribution in [2.24, 2.45) is 0 Å². The average Bonchev–Trinajstić information content (AvgIpc) is 2.98. The Morgan fingerprint density at radius 3 is 2.74 bits per heavy atom. The zero-order valence-corrected chi connectivity index (χ0v) is 13.2. The molecule has 0 radical (unpaired) electrons. The fraction of sp³-hybridized carbons (Fsp3) is 0.300. The number of nitrogens with one attached hydrogen (secondary N) is 1. The number of hydrogen-bond donors (Lipinski definition) is 1. The molecule has 118 valence electrons. The maximum Gasteiger partial charge on any atom is 0.134 e. The molecule has 0 amide bonds. The minimum atomic E-state index is 0.510. The van der Waals surface area contributed by atoms with Crippen LogP contribution in [0.4, 0.5) is 5.69 Å². The van der Waals surface area contributed by atoms with Crippen molar-refractivity contribution in [1.29, 1.82) is 0 Å². The van der Waals surface area contributed by atoms with Crippen LogP contribution >= 0.6 is 0 Å². The number of fused-ring (bicyclic) bond motifs is 1. The number of benzene rings is 2. The van der Waals surface area contributed by atoms with E-state index in [1.54, 1.807) is 0 Å². The van der Waals surface area contributed by atoms with E-state index in [2.05, 4.69) is 58.7 Å². The lowest BCUT2D eigenvalue weighted by molar-refractivity contribution is 0.196. The fourth-order valence-corrected chi connectivity index (χ4v) is 3.42. The third-order valence-electron chi connectivity index (χ3n) is 4.51. The van der Waals surface area contributed by atoms with Gasteiger partial charge in [-0.1, -0.05) is 36.4 Å². The van der Waals surface area contributed by atoms with Crippen LogP contribution in [0.3, 0.4) is 0 Å². The van der Waals surface area contributed by atoms with E-state index in [0.29, 0.717) is 6.04 Å². The van der Waals surface area contributed by atoms with Crippen molar-refractivity contribution in [3.8, 4) is 0 Å². The maximum absolute atomic E-state index is 5.96. The van der Waals surface area contributed by atoms with E-state index >= 15 is 0 Å². The minimum absolute atomic E-state index is 0.510. The number of piperidine rings is 1. The molecular weight excluding hydrogens is 284 g/mol. The summed E-state index contributed by atoms with van der Waals surface area (Å²) in [6.07, 6.45) is 2.45. The largest absolute Gasteiger partial charge is 0.460 e. The predicted octanol–water partition coefficient (Wildman–Crippen LogP) is 4.51. The summed E-state index contributed by atoms with van der Waals surface area (Å²) in [4.78, 5) is 2.49. The molecule has 3 heteroatoms. The Hall–Kier alpha value is -2.26. The van der Waals surface area contributed by atoms with Gasteiger partial charge < -0.3 is 9.73 Å². The molecule has 2 heterocycles. The number of furan rings is 1. The molecule has 3 aromatic rings. The van der Waals surface area contributed by atoms with Gasteiger partial charge in [-0.05, 0) is 43.7 Å². The smallest absolute Gasteiger partial charge is 0.134 e. The lowest BCUT2D eigenvalue weighted by atomic mass is 10.1. The number of nitrogens with zero attached hydrogens (tertiary/aromatic N) is 1. The van der Waals surface area contributed by atoms with E-state index in [1.807, 2.05) is 12.1 Å². The monoisotopic (exact) mass is 306 g/mol. The Balaban J connectivity index is 1.41. The molecule has 0 spiro atoms. The van der Waals surface area contributed by atoms with Gasteiger partial charge in [-0.15, -0.1) is 0 Å². The number of likely N-dealkylation sites (tertiary alicyclic amines) is 1. The zero-order valence-electron chi connectivity index (χ0n) is 13.2. The molecule has 0 unspecified atom stereocenters. The Labute approximate surface area is 136 Å². The van der Waals surface area contributed by atoms with Gasteiger partial charge in [0.05, 0.1) is 6.54 Å². The highest BCUT2D eigenvalue weighted by Gasteiger charge is 2.20. The number of rotatable bonds is 4. The first-order valence-corrected chi connectivity index (χ1v) is 8.38. The zero-order chi connectivity index (χ0) is 15.5. The van der Waals surface area contributed by atoms with E-state index in [9.17, 15) is 0 Å². The van der Waals surface area contributed by atoms with Crippen molar-refractivity contribution >= 4 is 16.7 Å². The van der Waals surface area contributed by atoms with Gasteiger partial charge >= 0.3 is 0 Å².